The molecule has 7 heteroatoms. The molecular formula is C23H29FN2O3S. The lowest BCUT2D eigenvalue weighted by molar-refractivity contribution is -0.127. The minimum Gasteiger partial charge on any atom is -0.396 e. The molecule has 162 valence electrons. The molecule has 0 saturated carbocycles. The molecule has 3 heterocycles. The normalized spacial score (nSPS) is 19.4. The number of aliphatic hydroxyl groups is 1. The molecular weight excluding hydrogens is 403 g/mol. The van der Waals surface area contributed by atoms with E-state index in [9.17, 15) is 9.18 Å². The smallest absolute Gasteiger partial charge is 0.264 e. The van der Waals surface area contributed by atoms with Gasteiger partial charge in [-0.3, -0.25) is 9.69 Å². The number of piperidine rings is 1. The minimum atomic E-state index is -0.277. The fraction of sp³-hybridized carbons (Fsp3) is 0.522. The molecule has 0 unspecified atom stereocenters. The third kappa shape index (κ3) is 4.91. The summed E-state index contributed by atoms with van der Waals surface area (Å²) < 4.78 is 20.1. The maximum Gasteiger partial charge on any atom is 0.264 e. The van der Waals surface area contributed by atoms with E-state index in [0.29, 0.717) is 32.7 Å². The molecule has 1 N–H and O–H groups in total. The number of rotatable bonds is 5. The predicted octanol–water partition coefficient (Wildman–Crippen LogP) is 3.24. The van der Waals surface area contributed by atoms with E-state index in [0.717, 1.165) is 47.5 Å². The summed E-state index contributed by atoms with van der Waals surface area (Å²) in [6.07, 6.45) is 2.19. The summed E-state index contributed by atoms with van der Waals surface area (Å²) in [6.45, 7) is 6.27. The number of ether oxygens (including phenoxy) is 1. The zero-order chi connectivity index (χ0) is 21.1. The molecule has 1 amide bonds. The SMILES string of the molecule is Cc1csc(C(=O)N2CCOC3(CCN(Cc4cc(F)cc(CCO)c4)CC3)C2)c1. The first kappa shape index (κ1) is 21.4. The Hall–Kier alpha value is -1.80. The number of benzene rings is 1. The van der Waals surface area contributed by atoms with Crippen LogP contribution in [0.15, 0.2) is 29.6 Å². The lowest BCUT2D eigenvalue weighted by Crippen LogP contribution is -2.57. The zero-order valence-electron chi connectivity index (χ0n) is 17.4. The van der Waals surface area contributed by atoms with Crippen LogP contribution in [0.4, 0.5) is 4.39 Å². The van der Waals surface area contributed by atoms with Gasteiger partial charge in [0, 0.05) is 32.8 Å². The summed E-state index contributed by atoms with van der Waals surface area (Å²) >= 11 is 1.51. The quantitative estimate of drug-likeness (QED) is 0.788. The van der Waals surface area contributed by atoms with Crippen molar-refractivity contribution in [3.63, 3.8) is 0 Å². The van der Waals surface area contributed by atoms with Crippen LogP contribution in [0, 0.1) is 12.7 Å². The topological polar surface area (TPSA) is 53.0 Å². The molecule has 2 fully saturated rings. The molecule has 0 atom stereocenters. The van der Waals surface area contributed by atoms with Crippen LogP contribution in [-0.2, 0) is 17.7 Å². The molecule has 5 nitrogen and oxygen atoms in total. The largest absolute Gasteiger partial charge is 0.396 e. The zero-order valence-corrected chi connectivity index (χ0v) is 18.2. The average molecular weight is 433 g/mol. The molecule has 2 aliphatic rings. The number of carbonyl (C=O) groups is 1. The van der Waals surface area contributed by atoms with Crippen LogP contribution in [0.3, 0.4) is 0 Å². The maximum absolute atomic E-state index is 13.9. The first-order chi connectivity index (χ1) is 14.5. The number of aryl methyl sites for hydroxylation is 1. The van der Waals surface area contributed by atoms with Crippen molar-refractivity contribution >= 4 is 17.2 Å². The molecule has 2 aromatic rings. The number of thiophene rings is 1. The minimum absolute atomic E-state index is 0.0206. The number of carbonyl (C=O) groups excluding carboxylic acids is 1. The second-order valence-electron chi connectivity index (χ2n) is 8.46. The number of aliphatic hydroxyl groups excluding tert-OH is 1. The highest BCUT2D eigenvalue weighted by molar-refractivity contribution is 7.12. The van der Waals surface area contributed by atoms with Crippen LogP contribution in [0.25, 0.3) is 0 Å². The van der Waals surface area contributed by atoms with Gasteiger partial charge in [0.2, 0.25) is 0 Å². The van der Waals surface area contributed by atoms with Crippen molar-refractivity contribution in [2.75, 3.05) is 39.4 Å². The highest BCUT2D eigenvalue weighted by atomic mass is 32.1. The van der Waals surface area contributed by atoms with Gasteiger partial charge < -0.3 is 14.7 Å². The second kappa shape index (κ2) is 9.14. The van der Waals surface area contributed by atoms with Crippen molar-refractivity contribution in [2.24, 2.45) is 0 Å². The van der Waals surface area contributed by atoms with Gasteiger partial charge in [-0.25, -0.2) is 4.39 Å². The summed E-state index contributed by atoms with van der Waals surface area (Å²) in [5, 5.41) is 11.1. The van der Waals surface area contributed by atoms with E-state index >= 15 is 0 Å². The Morgan fingerprint density at radius 2 is 1.97 bits per heavy atom. The highest BCUT2D eigenvalue weighted by Gasteiger charge is 2.41. The van der Waals surface area contributed by atoms with Crippen LogP contribution in [0.2, 0.25) is 0 Å². The molecule has 2 aliphatic heterocycles. The Labute approximate surface area is 181 Å². The Morgan fingerprint density at radius 1 is 1.20 bits per heavy atom. The van der Waals surface area contributed by atoms with E-state index in [-0.39, 0.29) is 23.9 Å². The molecule has 1 aromatic heterocycles. The van der Waals surface area contributed by atoms with Crippen molar-refractivity contribution in [1.29, 1.82) is 0 Å². The standard InChI is InChI=1S/C23H29FN2O3S/c1-17-10-21(30-15-17)22(28)26-7-9-29-23(16-26)3-5-25(6-4-23)14-19-11-18(2-8-27)12-20(24)13-19/h10-13,15,27H,2-9,14,16H2,1H3. The number of likely N-dealkylation sites (tertiary alicyclic amines) is 1. The first-order valence-corrected chi connectivity index (χ1v) is 11.4. The number of nitrogens with zero attached hydrogens (tertiary/aromatic N) is 2. The molecule has 1 spiro atoms. The number of amides is 1. The van der Waals surface area contributed by atoms with Gasteiger partial charge in [-0.1, -0.05) is 6.07 Å². The fourth-order valence-electron chi connectivity index (χ4n) is 4.48. The van der Waals surface area contributed by atoms with E-state index < -0.39 is 0 Å². The van der Waals surface area contributed by atoms with E-state index in [1.165, 1.54) is 17.4 Å². The summed E-state index contributed by atoms with van der Waals surface area (Å²) in [5.74, 6) is -0.146. The van der Waals surface area contributed by atoms with Crippen LogP contribution < -0.4 is 0 Å². The summed E-state index contributed by atoms with van der Waals surface area (Å²) in [7, 11) is 0. The van der Waals surface area contributed by atoms with E-state index in [1.807, 2.05) is 29.3 Å². The number of hydrogen-bond donors (Lipinski definition) is 1. The molecule has 1 aromatic carbocycles. The van der Waals surface area contributed by atoms with Crippen LogP contribution in [0.5, 0.6) is 0 Å². The molecule has 0 aliphatic carbocycles. The van der Waals surface area contributed by atoms with Crippen LogP contribution >= 0.6 is 11.3 Å². The van der Waals surface area contributed by atoms with Gasteiger partial charge in [0.15, 0.2) is 0 Å². The van der Waals surface area contributed by atoms with Gasteiger partial charge in [-0.15, -0.1) is 11.3 Å². The Kier molecular flexibility index (Phi) is 6.53. The van der Waals surface area contributed by atoms with Gasteiger partial charge in [0.25, 0.3) is 5.91 Å². The highest BCUT2D eigenvalue weighted by Crippen LogP contribution is 2.32. The van der Waals surface area contributed by atoms with Gasteiger partial charge >= 0.3 is 0 Å². The Bertz CT molecular complexity index is 892. The fourth-order valence-corrected chi connectivity index (χ4v) is 5.34. The predicted molar refractivity (Wildman–Crippen MR) is 115 cm³/mol. The number of morpholine rings is 1. The number of hydrogen-bond acceptors (Lipinski definition) is 5. The Balaban J connectivity index is 1.36. The van der Waals surface area contributed by atoms with E-state index in [2.05, 4.69) is 4.90 Å². The van der Waals surface area contributed by atoms with Gasteiger partial charge in [0.05, 0.1) is 23.6 Å². The molecule has 30 heavy (non-hydrogen) atoms. The van der Waals surface area contributed by atoms with Crippen LogP contribution in [-0.4, -0.2) is 65.8 Å². The third-order valence-electron chi connectivity index (χ3n) is 6.07. The summed E-state index contributed by atoms with van der Waals surface area (Å²) in [6, 6.07) is 7.00. The van der Waals surface area contributed by atoms with Crippen LogP contribution in [0.1, 0.15) is 39.2 Å². The number of halogens is 1. The van der Waals surface area contributed by atoms with Gasteiger partial charge in [-0.2, -0.15) is 0 Å². The van der Waals surface area contributed by atoms with Crippen molar-refractivity contribution in [3.05, 3.63) is 57.0 Å². The summed E-state index contributed by atoms with van der Waals surface area (Å²) in [4.78, 5) is 17.9. The van der Waals surface area contributed by atoms with Gasteiger partial charge in [-0.05, 0) is 66.5 Å². The first-order valence-electron chi connectivity index (χ1n) is 10.6. The average Bonchev–Trinajstić information content (AvgIpc) is 3.16. The second-order valence-corrected chi connectivity index (χ2v) is 9.38. The molecule has 0 radical (unpaired) electrons. The van der Waals surface area contributed by atoms with E-state index in [1.54, 1.807) is 6.07 Å². The van der Waals surface area contributed by atoms with Crippen molar-refractivity contribution < 1.29 is 19.0 Å². The molecule has 2 saturated heterocycles. The van der Waals surface area contributed by atoms with Crippen molar-refractivity contribution in [2.45, 2.75) is 38.3 Å². The van der Waals surface area contributed by atoms with Gasteiger partial charge in [0.1, 0.15) is 5.82 Å². The molecule has 4 rings (SSSR count). The third-order valence-corrected chi connectivity index (χ3v) is 7.10. The van der Waals surface area contributed by atoms with Crippen molar-refractivity contribution in [1.82, 2.24) is 9.80 Å². The van der Waals surface area contributed by atoms with Crippen molar-refractivity contribution in [3.8, 4) is 0 Å². The van der Waals surface area contributed by atoms with E-state index in [4.69, 9.17) is 9.84 Å². The maximum atomic E-state index is 13.9. The lowest BCUT2D eigenvalue weighted by atomic mass is 9.89. The molecule has 0 bridgehead atoms. The Morgan fingerprint density at radius 3 is 2.67 bits per heavy atom. The summed E-state index contributed by atoms with van der Waals surface area (Å²) in [5.41, 5.74) is 2.61. The monoisotopic (exact) mass is 432 g/mol. The lowest BCUT2D eigenvalue weighted by Gasteiger charge is -2.47.